The second-order valence-corrected chi connectivity index (χ2v) is 7.83. The lowest BCUT2D eigenvalue weighted by molar-refractivity contribution is 0.388. The van der Waals surface area contributed by atoms with Crippen LogP contribution in [0.3, 0.4) is 0 Å². The first kappa shape index (κ1) is 16.8. The zero-order valence-corrected chi connectivity index (χ0v) is 14.4. The van der Waals surface area contributed by atoms with Crippen LogP contribution in [-0.4, -0.2) is 47.9 Å². The first-order chi connectivity index (χ1) is 11.4. The molecule has 2 aromatic rings. The summed E-state index contributed by atoms with van der Waals surface area (Å²) < 4.78 is 29.0. The fourth-order valence-corrected chi connectivity index (χ4v) is 3.54. The fraction of sp³-hybridized carbons (Fsp3) is 0.571. The molecule has 0 saturated carbocycles. The van der Waals surface area contributed by atoms with E-state index in [2.05, 4.69) is 30.7 Å². The molecule has 1 fully saturated rings. The van der Waals surface area contributed by atoms with Crippen LogP contribution in [-0.2, 0) is 16.4 Å². The molecular formula is C14H20N6O3S. The second kappa shape index (κ2) is 6.81. The summed E-state index contributed by atoms with van der Waals surface area (Å²) in [6, 6.07) is 0. The summed E-state index contributed by atoms with van der Waals surface area (Å²) in [7, 11) is -3.38. The molecule has 1 aliphatic rings. The molecule has 10 heteroatoms. The van der Waals surface area contributed by atoms with Crippen LogP contribution in [0.2, 0.25) is 0 Å². The first-order valence-corrected chi connectivity index (χ1v) is 9.63. The minimum Gasteiger partial charge on any atom is -0.347 e. The standard InChI is InChI=1S/C14H20N6O3S/c1-9-18-12(20-23-9)8-17-14-16-7-11(24(2,21)22)13(19-14)10-4-3-5-15-6-10/h7,10,15H,3-6,8H2,1-2H3,(H,16,17,19)/t10-/m0/s1. The van der Waals surface area contributed by atoms with Gasteiger partial charge in [-0.25, -0.2) is 18.4 Å². The molecule has 0 spiro atoms. The van der Waals surface area contributed by atoms with Gasteiger partial charge in [0.25, 0.3) is 0 Å². The molecule has 0 unspecified atom stereocenters. The number of hydrogen-bond acceptors (Lipinski definition) is 9. The van der Waals surface area contributed by atoms with Gasteiger partial charge in [0, 0.05) is 25.6 Å². The number of aromatic nitrogens is 4. The van der Waals surface area contributed by atoms with E-state index >= 15 is 0 Å². The Kier molecular flexibility index (Phi) is 4.76. The Morgan fingerprint density at radius 1 is 1.42 bits per heavy atom. The van der Waals surface area contributed by atoms with Gasteiger partial charge in [-0.2, -0.15) is 4.98 Å². The second-order valence-electron chi connectivity index (χ2n) is 5.84. The van der Waals surface area contributed by atoms with Crippen LogP contribution in [0.15, 0.2) is 15.6 Å². The number of hydrogen-bond donors (Lipinski definition) is 2. The third kappa shape index (κ3) is 3.88. The van der Waals surface area contributed by atoms with Crippen molar-refractivity contribution >= 4 is 15.8 Å². The van der Waals surface area contributed by atoms with E-state index in [1.54, 1.807) is 6.92 Å². The molecule has 0 aliphatic carbocycles. The molecule has 24 heavy (non-hydrogen) atoms. The van der Waals surface area contributed by atoms with Crippen molar-refractivity contribution in [3.05, 3.63) is 23.6 Å². The summed E-state index contributed by atoms with van der Waals surface area (Å²) in [5.74, 6) is 1.38. The van der Waals surface area contributed by atoms with Gasteiger partial charge in [0.2, 0.25) is 11.8 Å². The van der Waals surface area contributed by atoms with Crippen molar-refractivity contribution in [3.63, 3.8) is 0 Å². The van der Waals surface area contributed by atoms with Crippen molar-refractivity contribution in [2.45, 2.75) is 37.1 Å². The highest BCUT2D eigenvalue weighted by Gasteiger charge is 2.25. The van der Waals surface area contributed by atoms with Crippen molar-refractivity contribution in [1.82, 2.24) is 25.4 Å². The van der Waals surface area contributed by atoms with Crippen LogP contribution in [0.5, 0.6) is 0 Å². The van der Waals surface area contributed by atoms with E-state index in [9.17, 15) is 8.42 Å². The molecule has 3 heterocycles. The molecule has 0 bridgehead atoms. The summed E-state index contributed by atoms with van der Waals surface area (Å²) >= 11 is 0. The highest BCUT2D eigenvalue weighted by atomic mass is 32.2. The number of anilines is 1. The van der Waals surface area contributed by atoms with Gasteiger partial charge >= 0.3 is 0 Å². The van der Waals surface area contributed by atoms with Gasteiger partial charge in [-0.05, 0) is 19.4 Å². The van der Waals surface area contributed by atoms with E-state index in [-0.39, 0.29) is 10.8 Å². The van der Waals surface area contributed by atoms with Gasteiger partial charge in [0.1, 0.15) is 4.90 Å². The van der Waals surface area contributed by atoms with Crippen molar-refractivity contribution in [1.29, 1.82) is 0 Å². The van der Waals surface area contributed by atoms with E-state index in [1.807, 2.05) is 0 Å². The van der Waals surface area contributed by atoms with Crippen LogP contribution in [0, 0.1) is 6.92 Å². The first-order valence-electron chi connectivity index (χ1n) is 7.74. The van der Waals surface area contributed by atoms with Gasteiger partial charge in [0.15, 0.2) is 15.7 Å². The van der Waals surface area contributed by atoms with Gasteiger partial charge in [-0.1, -0.05) is 5.16 Å². The number of sulfone groups is 1. The van der Waals surface area contributed by atoms with Crippen LogP contribution in [0.25, 0.3) is 0 Å². The SMILES string of the molecule is Cc1nc(CNc2ncc(S(C)(=O)=O)c([C@H]3CCCNC3)n2)no1. The average Bonchev–Trinajstić information content (AvgIpc) is 2.98. The lowest BCUT2D eigenvalue weighted by atomic mass is 9.96. The van der Waals surface area contributed by atoms with Crippen molar-refractivity contribution in [2.24, 2.45) is 0 Å². The Balaban J connectivity index is 1.85. The van der Waals surface area contributed by atoms with Gasteiger partial charge in [-0.15, -0.1) is 0 Å². The zero-order chi connectivity index (χ0) is 17.2. The normalized spacial score (nSPS) is 18.5. The summed E-state index contributed by atoms with van der Waals surface area (Å²) in [5, 5.41) is 10.1. The molecule has 1 aliphatic heterocycles. The lowest BCUT2D eigenvalue weighted by Gasteiger charge is -2.24. The Hall–Kier alpha value is -2.07. The van der Waals surface area contributed by atoms with E-state index in [4.69, 9.17) is 4.52 Å². The molecule has 0 amide bonds. The van der Waals surface area contributed by atoms with Crippen LogP contribution in [0.4, 0.5) is 5.95 Å². The number of rotatable bonds is 5. The van der Waals surface area contributed by atoms with Gasteiger partial charge < -0.3 is 15.2 Å². The van der Waals surface area contributed by atoms with Crippen molar-refractivity contribution in [2.75, 3.05) is 24.7 Å². The van der Waals surface area contributed by atoms with E-state index in [0.29, 0.717) is 36.4 Å². The molecule has 3 rings (SSSR count). The number of nitrogens with one attached hydrogen (secondary N) is 2. The molecule has 2 aromatic heterocycles. The zero-order valence-electron chi connectivity index (χ0n) is 13.6. The highest BCUT2D eigenvalue weighted by molar-refractivity contribution is 7.90. The smallest absolute Gasteiger partial charge is 0.223 e. The molecule has 2 N–H and O–H groups in total. The summed E-state index contributed by atoms with van der Waals surface area (Å²) in [4.78, 5) is 12.9. The fourth-order valence-electron chi connectivity index (χ4n) is 2.70. The average molecular weight is 352 g/mol. The predicted octanol–water partition coefficient (Wildman–Crippen LogP) is 0.651. The molecular weight excluding hydrogens is 332 g/mol. The highest BCUT2D eigenvalue weighted by Crippen LogP contribution is 2.27. The van der Waals surface area contributed by atoms with E-state index < -0.39 is 9.84 Å². The summed E-state index contributed by atoms with van der Waals surface area (Å²) in [6.45, 7) is 3.67. The Labute approximate surface area is 140 Å². The third-order valence-electron chi connectivity index (χ3n) is 3.84. The molecule has 1 saturated heterocycles. The maximum atomic E-state index is 12.0. The monoisotopic (exact) mass is 352 g/mol. The van der Waals surface area contributed by atoms with Crippen molar-refractivity contribution in [3.8, 4) is 0 Å². The lowest BCUT2D eigenvalue weighted by Crippen LogP contribution is -2.30. The topological polar surface area (TPSA) is 123 Å². The van der Waals surface area contributed by atoms with Crippen LogP contribution in [0.1, 0.15) is 36.2 Å². The molecule has 0 aromatic carbocycles. The van der Waals surface area contributed by atoms with Gasteiger partial charge in [-0.3, -0.25) is 0 Å². The molecule has 130 valence electrons. The molecule has 9 nitrogen and oxygen atoms in total. The maximum absolute atomic E-state index is 12.0. The van der Waals surface area contributed by atoms with E-state index in [1.165, 1.54) is 12.5 Å². The largest absolute Gasteiger partial charge is 0.347 e. The van der Waals surface area contributed by atoms with Gasteiger partial charge in [0.05, 0.1) is 18.4 Å². The minimum absolute atomic E-state index is 0.0550. The third-order valence-corrected chi connectivity index (χ3v) is 4.95. The number of piperidine rings is 1. The maximum Gasteiger partial charge on any atom is 0.223 e. The van der Waals surface area contributed by atoms with Crippen LogP contribution >= 0.6 is 0 Å². The number of aryl methyl sites for hydroxylation is 1. The molecule has 1 atom stereocenters. The summed E-state index contributed by atoms with van der Waals surface area (Å²) in [6.07, 6.45) is 4.44. The minimum atomic E-state index is -3.38. The Bertz CT molecular complexity index is 814. The van der Waals surface area contributed by atoms with Crippen molar-refractivity contribution < 1.29 is 12.9 Å². The summed E-state index contributed by atoms with van der Waals surface area (Å²) in [5.41, 5.74) is 0.562. The molecule has 0 radical (unpaired) electrons. The van der Waals surface area contributed by atoms with Crippen LogP contribution < -0.4 is 10.6 Å². The predicted molar refractivity (Wildman–Crippen MR) is 86.3 cm³/mol. The Morgan fingerprint density at radius 3 is 2.88 bits per heavy atom. The number of nitrogens with zero attached hydrogens (tertiary/aromatic N) is 4. The quantitative estimate of drug-likeness (QED) is 0.798. The Morgan fingerprint density at radius 2 is 2.25 bits per heavy atom. The van der Waals surface area contributed by atoms with E-state index in [0.717, 1.165) is 19.4 Å².